The lowest BCUT2D eigenvalue weighted by Crippen LogP contribution is -2.43. The van der Waals surface area contributed by atoms with E-state index in [9.17, 15) is 5.26 Å². The molecule has 1 rings (SSSR count). The Morgan fingerprint density at radius 3 is 2.76 bits per heavy atom. The van der Waals surface area contributed by atoms with Crippen LogP contribution in [0.5, 0.6) is 5.75 Å². The van der Waals surface area contributed by atoms with Gasteiger partial charge >= 0.3 is 0 Å². The third-order valence-corrected chi connectivity index (χ3v) is 2.56. The highest BCUT2D eigenvalue weighted by molar-refractivity contribution is 5.35. The summed E-state index contributed by atoms with van der Waals surface area (Å²) in [6.45, 7) is 2.20. The van der Waals surface area contributed by atoms with Gasteiger partial charge in [-0.05, 0) is 18.6 Å². The average Bonchev–Trinajstić information content (AvgIpc) is 2.37. The predicted molar refractivity (Wildman–Crippen MR) is 67.6 cm³/mol. The molecule has 0 bridgehead atoms. The molecule has 3 heteroatoms. The molecule has 1 aromatic rings. The van der Waals surface area contributed by atoms with Crippen LogP contribution >= 0.6 is 0 Å². The van der Waals surface area contributed by atoms with Crippen molar-refractivity contribution in [1.82, 2.24) is 5.32 Å². The van der Waals surface area contributed by atoms with Crippen molar-refractivity contribution in [3.05, 3.63) is 29.8 Å². The molecule has 0 aliphatic heterocycles. The Morgan fingerprint density at radius 2 is 2.18 bits per heavy atom. The normalized spacial score (nSPS) is 13.2. The molecule has 1 aromatic carbocycles. The molecule has 0 aliphatic rings. The van der Waals surface area contributed by atoms with Gasteiger partial charge in [-0.3, -0.25) is 5.32 Å². The Kier molecular flexibility index (Phi) is 4.57. The van der Waals surface area contributed by atoms with Gasteiger partial charge in [-0.2, -0.15) is 5.26 Å². The number of hydrogen-bond acceptors (Lipinski definition) is 3. The molecule has 0 saturated heterocycles. The molecule has 3 nitrogen and oxygen atoms in total. The molecular formula is C14H16N2O. The maximum absolute atomic E-state index is 9.21. The summed E-state index contributed by atoms with van der Waals surface area (Å²) in [6, 6.07) is 9.92. The zero-order valence-corrected chi connectivity index (χ0v) is 10.2. The first-order valence-corrected chi connectivity index (χ1v) is 5.37. The Hall–Kier alpha value is -1.97. The summed E-state index contributed by atoms with van der Waals surface area (Å²) in [4.78, 5) is 0. The molecule has 17 heavy (non-hydrogen) atoms. The van der Waals surface area contributed by atoms with Gasteiger partial charge in [0.05, 0.1) is 19.7 Å². The Morgan fingerprint density at radius 1 is 1.47 bits per heavy atom. The van der Waals surface area contributed by atoms with Crippen molar-refractivity contribution in [1.29, 1.82) is 5.26 Å². The zero-order chi connectivity index (χ0) is 12.7. The van der Waals surface area contributed by atoms with E-state index in [0.717, 1.165) is 11.3 Å². The van der Waals surface area contributed by atoms with Crippen LogP contribution in [0.4, 0.5) is 0 Å². The van der Waals surface area contributed by atoms with Crippen molar-refractivity contribution in [2.75, 3.05) is 13.7 Å². The summed E-state index contributed by atoms with van der Waals surface area (Å²) in [5.41, 5.74) is 0.310. The smallest absolute Gasteiger partial charge is 0.122 e. The summed E-state index contributed by atoms with van der Waals surface area (Å²) < 4.78 is 5.26. The largest absolute Gasteiger partial charge is 0.496 e. The van der Waals surface area contributed by atoms with Crippen molar-refractivity contribution in [2.24, 2.45) is 0 Å². The first-order valence-electron chi connectivity index (χ1n) is 5.37. The van der Waals surface area contributed by atoms with Gasteiger partial charge in [0, 0.05) is 6.42 Å². The van der Waals surface area contributed by atoms with Gasteiger partial charge in [-0.15, -0.1) is 6.42 Å². The standard InChI is InChI=1S/C14H16N2O/c1-4-9-16-14(2,11-15)10-12-7-5-6-8-13(12)17-3/h1,5-8,16H,9-10H2,2-3H3. The van der Waals surface area contributed by atoms with E-state index in [-0.39, 0.29) is 0 Å². The predicted octanol–water partition coefficient (Wildman–Crippen LogP) is 1.74. The molecule has 0 spiro atoms. The second kappa shape index (κ2) is 5.94. The van der Waals surface area contributed by atoms with Crippen LogP contribution in [-0.2, 0) is 6.42 Å². The van der Waals surface area contributed by atoms with E-state index in [2.05, 4.69) is 17.3 Å². The van der Waals surface area contributed by atoms with Gasteiger partial charge in [0.25, 0.3) is 0 Å². The van der Waals surface area contributed by atoms with E-state index in [1.807, 2.05) is 31.2 Å². The molecule has 0 amide bonds. The lowest BCUT2D eigenvalue weighted by Gasteiger charge is -2.23. The number of ether oxygens (including phenoxy) is 1. The Bertz CT molecular complexity index is 456. The van der Waals surface area contributed by atoms with E-state index in [1.165, 1.54) is 0 Å². The Balaban J connectivity index is 2.88. The van der Waals surface area contributed by atoms with E-state index in [0.29, 0.717) is 13.0 Å². The van der Waals surface area contributed by atoms with E-state index in [1.54, 1.807) is 7.11 Å². The van der Waals surface area contributed by atoms with Crippen molar-refractivity contribution < 1.29 is 4.74 Å². The quantitative estimate of drug-likeness (QED) is 0.781. The van der Waals surface area contributed by atoms with Crippen LogP contribution < -0.4 is 10.1 Å². The van der Waals surface area contributed by atoms with Crippen LogP contribution in [0, 0.1) is 23.7 Å². The number of nitrogens with zero attached hydrogens (tertiary/aromatic N) is 1. The summed E-state index contributed by atoms with van der Waals surface area (Å²) in [5.74, 6) is 3.27. The first kappa shape index (κ1) is 13.1. The zero-order valence-electron chi connectivity index (χ0n) is 10.2. The minimum absolute atomic E-state index is 0.374. The average molecular weight is 228 g/mol. The number of methoxy groups -OCH3 is 1. The van der Waals surface area contributed by atoms with Gasteiger partial charge in [-0.1, -0.05) is 24.1 Å². The van der Waals surface area contributed by atoms with Crippen molar-refractivity contribution in [2.45, 2.75) is 18.9 Å². The van der Waals surface area contributed by atoms with Gasteiger partial charge in [0.2, 0.25) is 0 Å². The molecule has 1 N–H and O–H groups in total. The fourth-order valence-corrected chi connectivity index (χ4v) is 1.62. The third kappa shape index (κ3) is 3.52. The minimum atomic E-state index is -0.680. The van der Waals surface area contributed by atoms with E-state index >= 15 is 0 Å². The van der Waals surface area contributed by atoms with Crippen molar-refractivity contribution in [3.8, 4) is 24.2 Å². The molecule has 1 unspecified atom stereocenters. The molecular weight excluding hydrogens is 212 g/mol. The number of nitriles is 1. The lowest BCUT2D eigenvalue weighted by molar-refractivity contribution is 0.399. The fraction of sp³-hybridized carbons (Fsp3) is 0.357. The second-order valence-corrected chi connectivity index (χ2v) is 3.99. The highest BCUT2D eigenvalue weighted by atomic mass is 16.5. The van der Waals surface area contributed by atoms with Crippen LogP contribution in [0.2, 0.25) is 0 Å². The highest BCUT2D eigenvalue weighted by Gasteiger charge is 2.24. The summed E-state index contributed by atoms with van der Waals surface area (Å²) >= 11 is 0. The fourth-order valence-electron chi connectivity index (χ4n) is 1.62. The van der Waals surface area contributed by atoms with E-state index < -0.39 is 5.54 Å². The lowest BCUT2D eigenvalue weighted by atomic mass is 9.93. The molecule has 0 saturated carbocycles. The SMILES string of the molecule is C#CCNC(C)(C#N)Cc1ccccc1OC. The van der Waals surface area contributed by atoms with Crippen LogP contribution in [0.15, 0.2) is 24.3 Å². The number of nitrogens with one attached hydrogen (secondary N) is 1. The number of rotatable bonds is 5. The molecule has 0 aromatic heterocycles. The number of para-hydroxylation sites is 1. The molecule has 0 heterocycles. The van der Waals surface area contributed by atoms with Crippen LogP contribution in [-0.4, -0.2) is 19.2 Å². The summed E-state index contributed by atoms with van der Waals surface area (Å²) in [7, 11) is 1.62. The van der Waals surface area contributed by atoms with Crippen LogP contribution in [0.25, 0.3) is 0 Å². The number of benzene rings is 1. The van der Waals surface area contributed by atoms with Gasteiger partial charge in [-0.25, -0.2) is 0 Å². The van der Waals surface area contributed by atoms with Gasteiger partial charge in [0.1, 0.15) is 11.3 Å². The molecule has 0 radical (unpaired) electrons. The van der Waals surface area contributed by atoms with E-state index in [4.69, 9.17) is 11.2 Å². The van der Waals surface area contributed by atoms with Crippen LogP contribution in [0.1, 0.15) is 12.5 Å². The monoisotopic (exact) mass is 228 g/mol. The molecule has 0 aliphatic carbocycles. The minimum Gasteiger partial charge on any atom is -0.496 e. The first-order chi connectivity index (χ1) is 8.15. The summed E-state index contributed by atoms with van der Waals surface area (Å²) in [5, 5.41) is 12.3. The maximum Gasteiger partial charge on any atom is 0.122 e. The van der Waals surface area contributed by atoms with Gasteiger partial charge < -0.3 is 4.74 Å². The van der Waals surface area contributed by atoms with Gasteiger partial charge in [0.15, 0.2) is 0 Å². The molecule has 1 atom stereocenters. The second-order valence-electron chi connectivity index (χ2n) is 3.99. The van der Waals surface area contributed by atoms with Crippen molar-refractivity contribution >= 4 is 0 Å². The molecule has 0 fully saturated rings. The highest BCUT2D eigenvalue weighted by Crippen LogP contribution is 2.22. The third-order valence-electron chi connectivity index (χ3n) is 2.56. The number of hydrogen-bond donors (Lipinski definition) is 1. The van der Waals surface area contributed by atoms with Crippen LogP contribution in [0.3, 0.4) is 0 Å². The Labute approximate surface area is 102 Å². The number of terminal acetylenes is 1. The molecule has 88 valence electrons. The van der Waals surface area contributed by atoms with Crippen molar-refractivity contribution in [3.63, 3.8) is 0 Å². The summed E-state index contributed by atoms with van der Waals surface area (Å²) in [6.07, 6.45) is 5.74. The maximum atomic E-state index is 9.21. The topological polar surface area (TPSA) is 45.0 Å².